The minimum Gasteiger partial charge on any atom is -0.382 e. The lowest BCUT2D eigenvalue weighted by molar-refractivity contribution is 0.811. The molecular weight excluding hydrogens is 224 g/mol. The molecule has 0 aliphatic heterocycles. The zero-order valence-corrected chi connectivity index (χ0v) is 10.2. The van der Waals surface area contributed by atoms with Crippen LogP contribution in [0.3, 0.4) is 0 Å². The van der Waals surface area contributed by atoms with Crippen LogP contribution in [-0.2, 0) is 0 Å². The Bertz CT molecular complexity index is 356. The maximum absolute atomic E-state index is 5.73. The van der Waals surface area contributed by atoms with Crippen molar-refractivity contribution in [3.8, 4) is 0 Å². The summed E-state index contributed by atoms with van der Waals surface area (Å²) in [7, 11) is 3.71. The molecule has 0 amide bonds. The van der Waals surface area contributed by atoms with Gasteiger partial charge in [0.25, 0.3) is 0 Å². The second-order valence-electron chi connectivity index (χ2n) is 3.22. The van der Waals surface area contributed by atoms with Gasteiger partial charge in [-0.3, -0.25) is 0 Å². The summed E-state index contributed by atoms with van der Waals surface area (Å²) in [6, 6.07) is 0. The number of rotatable bonds is 4. The smallest absolute Gasteiger partial charge is 0.166 e. The predicted molar refractivity (Wildman–Crippen MR) is 69.4 cm³/mol. The third-order valence-electron chi connectivity index (χ3n) is 2.09. The maximum atomic E-state index is 5.73. The molecule has 1 aromatic heterocycles. The van der Waals surface area contributed by atoms with Crippen molar-refractivity contribution in [1.82, 2.24) is 20.6 Å². The van der Waals surface area contributed by atoms with E-state index in [0.29, 0.717) is 10.9 Å². The number of likely N-dealkylation sites (N-methyl/N-ethyl adjacent to an activating group) is 1. The molecule has 0 atom stereocenters. The van der Waals surface area contributed by atoms with Gasteiger partial charge >= 0.3 is 0 Å². The first kappa shape index (κ1) is 12.4. The average Bonchev–Trinajstić information content (AvgIpc) is 2.29. The van der Waals surface area contributed by atoms with Crippen LogP contribution in [0.2, 0.25) is 0 Å². The van der Waals surface area contributed by atoms with E-state index in [1.54, 1.807) is 13.2 Å². The van der Waals surface area contributed by atoms with Gasteiger partial charge < -0.3 is 21.3 Å². The van der Waals surface area contributed by atoms with Crippen molar-refractivity contribution in [3.05, 3.63) is 12.5 Å². The van der Waals surface area contributed by atoms with Crippen LogP contribution in [0.5, 0.6) is 0 Å². The normalized spacial score (nSPS) is 9.62. The Morgan fingerprint density at radius 1 is 1.62 bits per heavy atom. The Balaban J connectivity index is 2.44. The molecule has 0 fully saturated rings. The van der Waals surface area contributed by atoms with Gasteiger partial charge in [-0.25, -0.2) is 9.97 Å². The molecule has 0 unspecified atom stereocenters. The summed E-state index contributed by atoms with van der Waals surface area (Å²) in [5.74, 6) is 0.480. The van der Waals surface area contributed by atoms with Gasteiger partial charge in [0.05, 0.1) is 11.9 Å². The van der Waals surface area contributed by atoms with E-state index < -0.39 is 0 Å². The van der Waals surface area contributed by atoms with Crippen LogP contribution in [0.15, 0.2) is 12.5 Å². The molecule has 0 aromatic carbocycles. The summed E-state index contributed by atoms with van der Waals surface area (Å²) in [5.41, 5.74) is 6.55. The van der Waals surface area contributed by atoms with Crippen molar-refractivity contribution in [2.45, 2.75) is 0 Å². The highest BCUT2D eigenvalue weighted by Crippen LogP contribution is 2.15. The standard InChI is InChI=1S/C9H16N6S/c1-11-9(16)13-3-4-15(2)7-5-12-6-14-8(7)10/h5-6H,3-4H2,1-2H3,(H2,10,12,14)(H2,11,13,16). The Morgan fingerprint density at radius 2 is 2.38 bits per heavy atom. The number of nitrogen functional groups attached to an aromatic ring is 1. The number of anilines is 2. The fraction of sp³-hybridized carbons (Fsp3) is 0.444. The molecule has 0 saturated heterocycles. The summed E-state index contributed by atoms with van der Waals surface area (Å²) >= 11 is 4.96. The third kappa shape index (κ3) is 3.50. The Kier molecular flexibility index (Phi) is 4.71. The van der Waals surface area contributed by atoms with Crippen LogP contribution in [0.4, 0.5) is 11.5 Å². The van der Waals surface area contributed by atoms with Crippen molar-refractivity contribution >= 4 is 28.8 Å². The molecule has 0 aliphatic rings. The molecule has 4 N–H and O–H groups in total. The molecule has 0 bridgehead atoms. The van der Waals surface area contributed by atoms with Gasteiger partial charge in [0.2, 0.25) is 0 Å². The first-order valence-corrected chi connectivity index (χ1v) is 5.28. The molecule has 1 heterocycles. The number of aromatic nitrogens is 2. The van der Waals surface area contributed by atoms with Gasteiger partial charge in [-0.05, 0) is 12.2 Å². The third-order valence-corrected chi connectivity index (χ3v) is 2.44. The molecule has 6 nitrogen and oxygen atoms in total. The van der Waals surface area contributed by atoms with Crippen molar-refractivity contribution in [2.24, 2.45) is 0 Å². The van der Waals surface area contributed by atoms with Crippen LogP contribution in [0, 0.1) is 0 Å². The Hall–Kier alpha value is -1.63. The zero-order valence-electron chi connectivity index (χ0n) is 9.40. The van der Waals surface area contributed by atoms with E-state index in [-0.39, 0.29) is 0 Å². The highest BCUT2D eigenvalue weighted by Gasteiger charge is 2.05. The van der Waals surface area contributed by atoms with Crippen LogP contribution in [-0.4, -0.2) is 42.3 Å². The van der Waals surface area contributed by atoms with Crippen molar-refractivity contribution in [1.29, 1.82) is 0 Å². The molecule has 0 radical (unpaired) electrons. The van der Waals surface area contributed by atoms with Crippen molar-refractivity contribution in [2.75, 3.05) is 37.8 Å². The van der Waals surface area contributed by atoms with Gasteiger partial charge in [-0.2, -0.15) is 0 Å². The molecule has 88 valence electrons. The van der Waals surface area contributed by atoms with Crippen molar-refractivity contribution in [3.63, 3.8) is 0 Å². The molecule has 0 saturated carbocycles. The predicted octanol–water partition coefficient (Wildman–Crippen LogP) is -0.411. The number of nitrogens with two attached hydrogens (primary N) is 1. The fourth-order valence-electron chi connectivity index (χ4n) is 1.17. The number of nitrogens with one attached hydrogen (secondary N) is 2. The van der Waals surface area contributed by atoms with Crippen LogP contribution >= 0.6 is 12.2 Å². The quantitative estimate of drug-likeness (QED) is 0.617. The van der Waals surface area contributed by atoms with Gasteiger partial charge in [0.1, 0.15) is 12.1 Å². The molecule has 1 rings (SSSR count). The Morgan fingerprint density at radius 3 is 3.00 bits per heavy atom. The first-order valence-electron chi connectivity index (χ1n) is 4.87. The minimum absolute atomic E-state index is 0.480. The van der Waals surface area contributed by atoms with E-state index in [1.165, 1.54) is 6.33 Å². The summed E-state index contributed by atoms with van der Waals surface area (Å²) in [6.07, 6.45) is 3.12. The van der Waals surface area contributed by atoms with E-state index >= 15 is 0 Å². The Labute approximate surface area is 100 Å². The first-order chi connectivity index (χ1) is 7.65. The summed E-state index contributed by atoms with van der Waals surface area (Å²) in [6.45, 7) is 1.49. The van der Waals surface area contributed by atoms with E-state index in [2.05, 4.69) is 20.6 Å². The van der Waals surface area contributed by atoms with Crippen LogP contribution in [0.25, 0.3) is 0 Å². The van der Waals surface area contributed by atoms with Gasteiger partial charge in [0, 0.05) is 27.2 Å². The monoisotopic (exact) mass is 240 g/mol. The maximum Gasteiger partial charge on any atom is 0.166 e. The summed E-state index contributed by atoms with van der Waals surface area (Å²) in [5, 5.41) is 6.52. The molecule has 0 aliphatic carbocycles. The molecule has 0 spiro atoms. The number of thiocarbonyl (C=S) groups is 1. The minimum atomic E-state index is 0.480. The van der Waals surface area contributed by atoms with E-state index in [1.807, 2.05) is 11.9 Å². The van der Waals surface area contributed by atoms with Gasteiger partial charge in [-0.15, -0.1) is 0 Å². The second-order valence-corrected chi connectivity index (χ2v) is 3.63. The van der Waals surface area contributed by atoms with Crippen LogP contribution < -0.4 is 21.3 Å². The molecule has 7 heteroatoms. The molecular formula is C9H16N6S. The zero-order chi connectivity index (χ0) is 12.0. The fourth-order valence-corrected chi connectivity index (χ4v) is 1.27. The average molecular weight is 240 g/mol. The van der Waals surface area contributed by atoms with E-state index in [0.717, 1.165) is 18.8 Å². The van der Waals surface area contributed by atoms with Gasteiger partial charge in [-0.1, -0.05) is 0 Å². The molecule has 16 heavy (non-hydrogen) atoms. The topological polar surface area (TPSA) is 79.1 Å². The van der Waals surface area contributed by atoms with Crippen LogP contribution in [0.1, 0.15) is 0 Å². The highest BCUT2D eigenvalue weighted by molar-refractivity contribution is 7.80. The lowest BCUT2D eigenvalue weighted by atomic mass is 10.4. The number of nitrogens with zero attached hydrogens (tertiary/aromatic N) is 3. The lowest BCUT2D eigenvalue weighted by Gasteiger charge is -2.20. The second kappa shape index (κ2) is 6.06. The van der Waals surface area contributed by atoms with E-state index in [9.17, 15) is 0 Å². The number of hydrogen-bond donors (Lipinski definition) is 3. The summed E-state index contributed by atoms with van der Waals surface area (Å²) < 4.78 is 0. The lowest BCUT2D eigenvalue weighted by Crippen LogP contribution is -2.37. The summed E-state index contributed by atoms with van der Waals surface area (Å²) in [4.78, 5) is 9.83. The SMILES string of the molecule is CNC(=S)NCCN(C)c1cncnc1N. The van der Waals surface area contributed by atoms with Gasteiger partial charge in [0.15, 0.2) is 5.11 Å². The highest BCUT2D eigenvalue weighted by atomic mass is 32.1. The number of hydrogen-bond acceptors (Lipinski definition) is 5. The van der Waals surface area contributed by atoms with E-state index in [4.69, 9.17) is 18.0 Å². The van der Waals surface area contributed by atoms with Crippen molar-refractivity contribution < 1.29 is 0 Å². The largest absolute Gasteiger partial charge is 0.382 e. The molecule has 1 aromatic rings.